The fraction of sp³-hybridized carbons (Fsp3) is 0. The summed E-state index contributed by atoms with van der Waals surface area (Å²) in [5.41, 5.74) is 0.717. The lowest BCUT2D eigenvalue weighted by atomic mass is 10.3. The Balaban J connectivity index is 2.30. The van der Waals surface area contributed by atoms with Crippen molar-refractivity contribution in [3.05, 3.63) is 49.5 Å². The quantitative estimate of drug-likeness (QED) is 0.663. The van der Waals surface area contributed by atoms with E-state index in [-0.39, 0.29) is 0 Å². The molecule has 2 nitrogen and oxygen atoms in total. The lowest BCUT2D eigenvalue weighted by Gasteiger charge is -2.09. The van der Waals surface area contributed by atoms with Gasteiger partial charge in [0.1, 0.15) is 5.82 Å². The Morgan fingerprint density at radius 1 is 1.00 bits per heavy atom. The van der Waals surface area contributed by atoms with Crippen LogP contribution in [-0.2, 0) is 0 Å². The predicted octanol–water partition coefficient (Wildman–Crippen LogP) is 5.66. The minimum absolute atomic E-state index is 0.464. The maximum absolute atomic E-state index is 6.12. The molecule has 0 aliphatic rings. The van der Waals surface area contributed by atoms with Crippen LogP contribution >= 0.6 is 55.1 Å². The van der Waals surface area contributed by atoms with Crippen LogP contribution in [0.2, 0.25) is 10.0 Å². The van der Waals surface area contributed by atoms with Crippen molar-refractivity contribution in [2.45, 2.75) is 0 Å². The van der Waals surface area contributed by atoms with E-state index in [1.54, 1.807) is 6.20 Å². The van der Waals surface area contributed by atoms with Crippen LogP contribution in [0.5, 0.6) is 0 Å². The van der Waals surface area contributed by atoms with Crippen LogP contribution in [-0.4, -0.2) is 4.98 Å². The maximum Gasteiger partial charge on any atom is 0.130 e. The first-order chi connectivity index (χ1) is 8.08. The third-order valence-corrected chi connectivity index (χ3v) is 4.27. The lowest BCUT2D eigenvalue weighted by Crippen LogP contribution is -1.94. The zero-order chi connectivity index (χ0) is 12.4. The van der Waals surface area contributed by atoms with Gasteiger partial charge < -0.3 is 5.32 Å². The third kappa shape index (κ3) is 3.13. The molecule has 2 rings (SSSR count). The van der Waals surface area contributed by atoms with E-state index >= 15 is 0 Å². The second-order valence-corrected chi connectivity index (χ2v) is 5.74. The standard InChI is InChI=1S/C11H6Br2Cl2N2/c12-6-1-4-9(16-5-6)17-8-3-2-7(13)10(14)11(8)15/h1-5H,(H,16,17). The molecule has 0 amide bonds. The van der Waals surface area contributed by atoms with E-state index in [0.717, 1.165) is 14.6 Å². The van der Waals surface area contributed by atoms with Crippen molar-refractivity contribution in [1.82, 2.24) is 4.98 Å². The molecule has 0 unspecified atom stereocenters. The molecule has 0 saturated carbocycles. The lowest BCUT2D eigenvalue weighted by molar-refractivity contribution is 1.29. The maximum atomic E-state index is 6.12. The smallest absolute Gasteiger partial charge is 0.130 e. The molecule has 0 aliphatic heterocycles. The molecule has 1 heterocycles. The zero-order valence-electron chi connectivity index (χ0n) is 8.35. The fourth-order valence-electron chi connectivity index (χ4n) is 1.21. The predicted molar refractivity (Wildman–Crippen MR) is 79.4 cm³/mol. The van der Waals surface area contributed by atoms with Gasteiger partial charge in [-0.2, -0.15) is 0 Å². The van der Waals surface area contributed by atoms with Crippen molar-refractivity contribution in [3.63, 3.8) is 0 Å². The molecule has 2 aromatic rings. The number of benzene rings is 1. The van der Waals surface area contributed by atoms with Crippen molar-refractivity contribution in [1.29, 1.82) is 0 Å². The average molecular weight is 397 g/mol. The molecule has 0 fully saturated rings. The van der Waals surface area contributed by atoms with Crippen LogP contribution in [0.25, 0.3) is 0 Å². The van der Waals surface area contributed by atoms with Crippen LogP contribution < -0.4 is 5.32 Å². The van der Waals surface area contributed by atoms with Crippen LogP contribution in [0.3, 0.4) is 0 Å². The molecule has 1 aromatic heterocycles. The van der Waals surface area contributed by atoms with Crippen molar-refractivity contribution in [2.24, 2.45) is 0 Å². The van der Waals surface area contributed by atoms with Gasteiger partial charge in [0.2, 0.25) is 0 Å². The second-order valence-electron chi connectivity index (χ2n) is 3.21. The topological polar surface area (TPSA) is 24.9 Å². The van der Waals surface area contributed by atoms with Gasteiger partial charge in [0.05, 0.1) is 15.7 Å². The summed E-state index contributed by atoms with van der Waals surface area (Å²) in [4.78, 5) is 4.20. The van der Waals surface area contributed by atoms with E-state index < -0.39 is 0 Å². The van der Waals surface area contributed by atoms with Crippen molar-refractivity contribution in [2.75, 3.05) is 5.32 Å². The molecule has 0 bridgehead atoms. The summed E-state index contributed by atoms with van der Waals surface area (Å²) < 4.78 is 1.68. The Morgan fingerprint density at radius 2 is 1.76 bits per heavy atom. The van der Waals surface area contributed by atoms with Gasteiger partial charge in [-0.25, -0.2) is 4.98 Å². The van der Waals surface area contributed by atoms with Gasteiger partial charge >= 0.3 is 0 Å². The zero-order valence-corrected chi connectivity index (χ0v) is 13.0. The summed E-state index contributed by atoms with van der Waals surface area (Å²) >= 11 is 18.8. The van der Waals surface area contributed by atoms with E-state index in [1.165, 1.54) is 0 Å². The molecule has 0 atom stereocenters. The van der Waals surface area contributed by atoms with E-state index in [2.05, 4.69) is 42.2 Å². The molecule has 1 N–H and O–H groups in total. The van der Waals surface area contributed by atoms with Crippen LogP contribution in [0.15, 0.2) is 39.4 Å². The molecule has 1 aromatic carbocycles. The Labute approximate surface area is 126 Å². The van der Waals surface area contributed by atoms with Gasteiger partial charge in [0.25, 0.3) is 0 Å². The number of aromatic nitrogens is 1. The van der Waals surface area contributed by atoms with E-state index in [9.17, 15) is 0 Å². The summed E-state index contributed by atoms with van der Waals surface area (Å²) in [6.45, 7) is 0. The van der Waals surface area contributed by atoms with Crippen LogP contribution in [0.4, 0.5) is 11.5 Å². The van der Waals surface area contributed by atoms with Crippen molar-refractivity contribution < 1.29 is 0 Å². The molecular weight excluding hydrogens is 391 g/mol. The largest absolute Gasteiger partial charge is 0.339 e. The number of hydrogen-bond acceptors (Lipinski definition) is 2. The van der Waals surface area contributed by atoms with Crippen molar-refractivity contribution in [3.8, 4) is 0 Å². The molecule has 0 radical (unpaired) electrons. The number of nitrogens with zero attached hydrogens (tertiary/aromatic N) is 1. The number of rotatable bonds is 2. The highest BCUT2D eigenvalue weighted by Gasteiger charge is 2.08. The van der Waals surface area contributed by atoms with E-state index in [0.29, 0.717) is 15.9 Å². The summed E-state index contributed by atoms with van der Waals surface area (Å²) in [7, 11) is 0. The highest BCUT2D eigenvalue weighted by molar-refractivity contribution is 9.10. The van der Waals surface area contributed by atoms with Gasteiger partial charge in [-0.05, 0) is 56.1 Å². The SMILES string of the molecule is Clc1c(Br)ccc(Nc2ccc(Br)cn2)c1Cl. The second kappa shape index (κ2) is 5.57. The first kappa shape index (κ1) is 13.1. The molecule has 17 heavy (non-hydrogen) atoms. The number of anilines is 2. The summed E-state index contributed by atoms with van der Waals surface area (Å²) in [5, 5.41) is 4.04. The number of hydrogen-bond donors (Lipinski definition) is 1. The van der Waals surface area contributed by atoms with Gasteiger partial charge in [0.15, 0.2) is 0 Å². The van der Waals surface area contributed by atoms with Crippen LogP contribution in [0.1, 0.15) is 0 Å². The van der Waals surface area contributed by atoms with E-state index in [4.69, 9.17) is 23.2 Å². The number of halogens is 4. The molecule has 0 spiro atoms. The monoisotopic (exact) mass is 394 g/mol. The fourth-order valence-corrected chi connectivity index (χ4v) is 2.27. The summed E-state index contributed by atoms with van der Waals surface area (Å²) in [6.07, 6.45) is 1.71. The molecule has 6 heteroatoms. The third-order valence-electron chi connectivity index (χ3n) is 2.03. The molecular formula is C11H6Br2Cl2N2. The molecule has 0 saturated heterocycles. The normalized spacial score (nSPS) is 10.4. The average Bonchev–Trinajstić information content (AvgIpc) is 2.33. The summed E-state index contributed by atoms with van der Waals surface area (Å²) in [5.74, 6) is 0.702. The minimum Gasteiger partial charge on any atom is -0.339 e. The highest BCUT2D eigenvalue weighted by atomic mass is 79.9. The van der Waals surface area contributed by atoms with Crippen molar-refractivity contribution >= 4 is 66.6 Å². The Bertz CT molecular complexity index is 544. The van der Waals surface area contributed by atoms with Gasteiger partial charge in [-0.1, -0.05) is 23.2 Å². The van der Waals surface area contributed by atoms with Gasteiger partial charge in [0, 0.05) is 15.1 Å². The first-order valence-electron chi connectivity index (χ1n) is 4.60. The highest BCUT2D eigenvalue weighted by Crippen LogP contribution is 2.36. The van der Waals surface area contributed by atoms with Crippen LogP contribution in [0, 0.1) is 0 Å². The summed E-state index contributed by atoms with van der Waals surface area (Å²) in [6, 6.07) is 7.40. The van der Waals surface area contributed by atoms with Gasteiger partial charge in [-0.3, -0.25) is 0 Å². The Morgan fingerprint density at radius 3 is 2.41 bits per heavy atom. The van der Waals surface area contributed by atoms with Gasteiger partial charge in [-0.15, -0.1) is 0 Å². The number of nitrogens with one attached hydrogen (secondary N) is 1. The Hall–Kier alpha value is -0.290. The molecule has 88 valence electrons. The van der Waals surface area contributed by atoms with E-state index in [1.807, 2.05) is 24.3 Å². The first-order valence-corrected chi connectivity index (χ1v) is 6.94. The minimum atomic E-state index is 0.464. The Kier molecular flexibility index (Phi) is 4.31. The molecule has 0 aliphatic carbocycles. The number of pyridine rings is 1.